The Morgan fingerprint density at radius 1 is 1.29 bits per heavy atom. The van der Waals surface area contributed by atoms with Gasteiger partial charge in [-0.3, -0.25) is 4.79 Å². The fourth-order valence-corrected chi connectivity index (χ4v) is 2.37. The number of hydrogen-bond donors (Lipinski definition) is 2. The first kappa shape index (κ1) is 13.8. The van der Waals surface area contributed by atoms with E-state index in [0.29, 0.717) is 23.0 Å². The smallest absolute Gasteiger partial charge is 0.262 e. The van der Waals surface area contributed by atoms with Crippen molar-refractivity contribution in [3.05, 3.63) is 52.5 Å². The SMILES string of the molecule is Cc1ccc(CNc2cc3c(cc2Cl)NC(=O)CO3)cc1. The minimum absolute atomic E-state index is 0.0338. The molecule has 0 unspecified atom stereocenters. The third-order valence-electron chi connectivity index (χ3n) is 3.31. The van der Waals surface area contributed by atoms with Gasteiger partial charge >= 0.3 is 0 Å². The lowest BCUT2D eigenvalue weighted by atomic mass is 10.1. The van der Waals surface area contributed by atoms with E-state index < -0.39 is 0 Å². The maximum atomic E-state index is 11.3. The van der Waals surface area contributed by atoms with Crippen LogP contribution in [0.25, 0.3) is 0 Å². The van der Waals surface area contributed by atoms with Crippen LogP contribution in [0.2, 0.25) is 5.02 Å². The molecule has 0 radical (unpaired) electrons. The van der Waals surface area contributed by atoms with Gasteiger partial charge in [0.15, 0.2) is 6.61 Å². The van der Waals surface area contributed by atoms with Crippen LogP contribution in [-0.4, -0.2) is 12.5 Å². The summed E-state index contributed by atoms with van der Waals surface area (Å²) in [5.74, 6) is 0.462. The molecule has 0 saturated carbocycles. The molecule has 0 aromatic heterocycles. The van der Waals surface area contributed by atoms with Gasteiger partial charge in [-0.05, 0) is 18.6 Å². The normalized spacial score (nSPS) is 13.1. The van der Waals surface area contributed by atoms with Crippen molar-refractivity contribution >= 4 is 28.9 Å². The zero-order valence-corrected chi connectivity index (χ0v) is 12.3. The van der Waals surface area contributed by atoms with Gasteiger partial charge in [-0.1, -0.05) is 41.4 Å². The minimum Gasteiger partial charge on any atom is -0.482 e. The molecule has 3 rings (SSSR count). The Kier molecular flexibility index (Phi) is 3.71. The van der Waals surface area contributed by atoms with Crippen molar-refractivity contribution < 1.29 is 9.53 Å². The molecule has 4 nitrogen and oxygen atoms in total. The van der Waals surface area contributed by atoms with Gasteiger partial charge in [0.2, 0.25) is 0 Å². The third-order valence-corrected chi connectivity index (χ3v) is 3.62. The molecule has 1 aliphatic rings. The Morgan fingerprint density at radius 3 is 2.81 bits per heavy atom. The summed E-state index contributed by atoms with van der Waals surface area (Å²) in [6.07, 6.45) is 0. The molecule has 0 fully saturated rings. The van der Waals surface area contributed by atoms with Gasteiger partial charge in [0.25, 0.3) is 5.91 Å². The number of nitrogens with one attached hydrogen (secondary N) is 2. The van der Waals surface area contributed by atoms with Gasteiger partial charge in [-0.25, -0.2) is 0 Å². The van der Waals surface area contributed by atoms with Crippen LogP contribution < -0.4 is 15.4 Å². The highest BCUT2D eigenvalue weighted by Gasteiger charge is 2.18. The summed E-state index contributed by atoms with van der Waals surface area (Å²) in [7, 11) is 0. The molecule has 0 atom stereocenters. The largest absolute Gasteiger partial charge is 0.482 e. The predicted molar refractivity (Wildman–Crippen MR) is 84.1 cm³/mol. The number of ether oxygens (including phenoxy) is 1. The first-order chi connectivity index (χ1) is 10.1. The van der Waals surface area contributed by atoms with E-state index in [1.165, 1.54) is 11.1 Å². The van der Waals surface area contributed by atoms with Crippen LogP contribution >= 0.6 is 11.6 Å². The lowest BCUT2D eigenvalue weighted by Crippen LogP contribution is -2.25. The minimum atomic E-state index is -0.168. The van der Waals surface area contributed by atoms with E-state index in [1.807, 2.05) is 6.07 Å². The van der Waals surface area contributed by atoms with E-state index >= 15 is 0 Å². The molecule has 0 spiro atoms. The summed E-state index contributed by atoms with van der Waals surface area (Å²) < 4.78 is 5.39. The van der Waals surface area contributed by atoms with Crippen LogP contribution in [0.4, 0.5) is 11.4 Å². The van der Waals surface area contributed by atoms with Crippen molar-refractivity contribution in [2.24, 2.45) is 0 Å². The third kappa shape index (κ3) is 3.11. The molecule has 108 valence electrons. The summed E-state index contributed by atoms with van der Waals surface area (Å²) in [6, 6.07) is 11.8. The molecular weight excluding hydrogens is 288 g/mol. The maximum Gasteiger partial charge on any atom is 0.262 e. The first-order valence-corrected chi connectivity index (χ1v) is 7.05. The van der Waals surface area contributed by atoms with Gasteiger partial charge in [0.05, 0.1) is 16.4 Å². The highest BCUT2D eigenvalue weighted by molar-refractivity contribution is 6.33. The van der Waals surface area contributed by atoms with Crippen LogP contribution in [0, 0.1) is 6.92 Å². The van der Waals surface area contributed by atoms with E-state index in [9.17, 15) is 4.79 Å². The second-order valence-corrected chi connectivity index (χ2v) is 5.41. The number of amides is 1. The Balaban J connectivity index is 1.76. The monoisotopic (exact) mass is 302 g/mol. The van der Waals surface area contributed by atoms with Gasteiger partial charge in [0, 0.05) is 12.6 Å². The summed E-state index contributed by atoms with van der Waals surface area (Å²) in [4.78, 5) is 11.3. The number of carbonyl (C=O) groups is 1. The van der Waals surface area contributed by atoms with E-state index in [1.54, 1.807) is 6.07 Å². The number of halogens is 1. The summed E-state index contributed by atoms with van der Waals surface area (Å²) >= 11 is 6.23. The fraction of sp³-hybridized carbons (Fsp3) is 0.188. The first-order valence-electron chi connectivity index (χ1n) is 6.67. The van der Waals surface area contributed by atoms with Crippen molar-refractivity contribution in [3.8, 4) is 5.75 Å². The summed E-state index contributed by atoms with van der Waals surface area (Å²) in [5.41, 5.74) is 3.79. The zero-order chi connectivity index (χ0) is 14.8. The van der Waals surface area contributed by atoms with Crippen LogP contribution in [-0.2, 0) is 11.3 Å². The van der Waals surface area contributed by atoms with Crippen LogP contribution in [0.15, 0.2) is 36.4 Å². The summed E-state index contributed by atoms with van der Waals surface area (Å²) in [5, 5.41) is 6.56. The Bertz CT molecular complexity index is 683. The molecule has 0 saturated heterocycles. The molecule has 21 heavy (non-hydrogen) atoms. The van der Waals surface area contributed by atoms with Crippen LogP contribution in [0.3, 0.4) is 0 Å². The second-order valence-electron chi connectivity index (χ2n) is 5.00. The number of fused-ring (bicyclic) bond motifs is 1. The van der Waals surface area contributed by atoms with Gasteiger partial charge in [-0.15, -0.1) is 0 Å². The van der Waals surface area contributed by atoms with Crippen LogP contribution in [0.5, 0.6) is 5.75 Å². The number of carbonyl (C=O) groups excluding carboxylic acids is 1. The molecule has 0 bridgehead atoms. The molecule has 1 heterocycles. The fourth-order valence-electron chi connectivity index (χ4n) is 2.14. The number of rotatable bonds is 3. The van der Waals surface area contributed by atoms with E-state index in [2.05, 4.69) is 41.8 Å². The van der Waals surface area contributed by atoms with Crippen molar-refractivity contribution in [3.63, 3.8) is 0 Å². The number of anilines is 2. The molecule has 2 N–H and O–H groups in total. The topological polar surface area (TPSA) is 50.4 Å². The Hall–Kier alpha value is -2.20. The Labute approximate surface area is 128 Å². The lowest BCUT2D eigenvalue weighted by Gasteiger charge is -2.20. The molecule has 2 aromatic carbocycles. The van der Waals surface area contributed by atoms with Crippen molar-refractivity contribution in [2.75, 3.05) is 17.2 Å². The van der Waals surface area contributed by atoms with Crippen LogP contribution in [0.1, 0.15) is 11.1 Å². The average Bonchev–Trinajstić information content (AvgIpc) is 2.47. The van der Waals surface area contributed by atoms with Crippen molar-refractivity contribution in [1.82, 2.24) is 0 Å². The number of aryl methyl sites for hydroxylation is 1. The van der Waals surface area contributed by atoms with Crippen molar-refractivity contribution in [1.29, 1.82) is 0 Å². The second kappa shape index (κ2) is 5.66. The average molecular weight is 303 g/mol. The van der Waals surface area contributed by atoms with Crippen molar-refractivity contribution in [2.45, 2.75) is 13.5 Å². The quantitative estimate of drug-likeness (QED) is 0.911. The van der Waals surface area contributed by atoms with E-state index in [0.717, 1.165) is 5.69 Å². The molecule has 0 aliphatic carbocycles. The highest BCUT2D eigenvalue weighted by Crippen LogP contribution is 2.36. The lowest BCUT2D eigenvalue weighted by molar-refractivity contribution is -0.118. The van der Waals surface area contributed by atoms with Gasteiger partial charge in [-0.2, -0.15) is 0 Å². The molecule has 2 aromatic rings. The van der Waals surface area contributed by atoms with E-state index in [4.69, 9.17) is 16.3 Å². The molecule has 1 amide bonds. The highest BCUT2D eigenvalue weighted by atomic mass is 35.5. The molecule has 5 heteroatoms. The number of benzene rings is 2. The predicted octanol–water partition coefficient (Wildman–Crippen LogP) is 3.59. The maximum absolute atomic E-state index is 11.3. The number of hydrogen-bond acceptors (Lipinski definition) is 3. The Morgan fingerprint density at radius 2 is 2.05 bits per heavy atom. The zero-order valence-electron chi connectivity index (χ0n) is 11.6. The van der Waals surface area contributed by atoms with E-state index in [-0.39, 0.29) is 12.5 Å². The molecule has 1 aliphatic heterocycles. The standard InChI is InChI=1S/C16H15ClN2O2/c1-10-2-4-11(5-3-10)8-18-13-7-15-14(6-12(13)17)19-16(20)9-21-15/h2-7,18H,8-9H2,1H3,(H,19,20). The summed E-state index contributed by atoms with van der Waals surface area (Å²) in [6.45, 7) is 2.76. The van der Waals surface area contributed by atoms with Gasteiger partial charge < -0.3 is 15.4 Å². The van der Waals surface area contributed by atoms with Gasteiger partial charge in [0.1, 0.15) is 5.75 Å². The molecular formula is C16H15ClN2O2.